The first-order valence-electron chi connectivity index (χ1n) is 8.10. The monoisotopic (exact) mass is 449 g/mol. The van der Waals surface area contributed by atoms with Crippen LogP contribution in [0.1, 0.15) is 31.3 Å². The number of aromatic nitrogens is 1. The maximum Gasteiger partial charge on any atom is 0.412 e. The van der Waals surface area contributed by atoms with Crippen LogP contribution in [0.4, 0.5) is 15.5 Å². The highest BCUT2D eigenvalue weighted by atomic mass is 79.9. The van der Waals surface area contributed by atoms with E-state index < -0.39 is 17.6 Å². The van der Waals surface area contributed by atoms with Gasteiger partial charge in [-0.05, 0) is 48.8 Å². The van der Waals surface area contributed by atoms with Gasteiger partial charge in [-0.25, -0.2) is 9.78 Å². The Hall–Kier alpha value is -2.45. The van der Waals surface area contributed by atoms with Gasteiger partial charge in [-0.3, -0.25) is 10.1 Å². The lowest BCUT2D eigenvalue weighted by Crippen LogP contribution is -2.27. The molecule has 2 rings (SSSR count). The standard InChI is InChI=1S/C19H20BrN3O3S/c1-19(2,3)26-18(25)23-16-14(22-17(20)27-16)15(24)21-13-11-9-7-5-4-6-8-10-12-13/h4-12H,1-3H3,(H,21,24)(H,23,25). The first-order chi connectivity index (χ1) is 12.7. The SMILES string of the molecule is CC(C)(C)OC(=O)Nc1sc(Br)nc1C(=O)Nc1ccccccccc1. The molecule has 0 saturated heterocycles. The van der Waals surface area contributed by atoms with Crippen LogP contribution in [0, 0.1) is 0 Å². The molecule has 1 heterocycles. The van der Waals surface area contributed by atoms with Crippen molar-refractivity contribution in [3.8, 4) is 0 Å². The molecule has 0 atom stereocenters. The minimum Gasteiger partial charge on any atom is -0.444 e. The second kappa shape index (κ2) is 9.48. The Morgan fingerprint density at radius 1 is 1.00 bits per heavy atom. The van der Waals surface area contributed by atoms with Gasteiger partial charge in [0.15, 0.2) is 9.61 Å². The molecule has 27 heavy (non-hydrogen) atoms. The summed E-state index contributed by atoms with van der Waals surface area (Å²) in [5.41, 5.74) is 0.0427. The number of anilines is 2. The van der Waals surface area contributed by atoms with E-state index in [-0.39, 0.29) is 5.69 Å². The zero-order valence-corrected chi connectivity index (χ0v) is 17.6. The molecule has 142 valence electrons. The van der Waals surface area contributed by atoms with Gasteiger partial charge < -0.3 is 10.1 Å². The summed E-state index contributed by atoms with van der Waals surface area (Å²) in [6.45, 7) is 5.29. The van der Waals surface area contributed by atoms with E-state index in [0.29, 0.717) is 14.6 Å². The lowest BCUT2D eigenvalue weighted by Gasteiger charge is -2.19. The van der Waals surface area contributed by atoms with Gasteiger partial charge in [-0.1, -0.05) is 53.8 Å². The molecule has 0 radical (unpaired) electrons. The van der Waals surface area contributed by atoms with Crippen molar-refractivity contribution in [1.29, 1.82) is 0 Å². The Kier molecular flexibility index (Phi) is 7.32. The number of nitrogens with one attached hydrogen (secondary N) is 2. The molecule has 6 nitrogen and oxygen atoms in total. The minimum absolute atomic E-state index is 0.101. The molecule has 0 aliphatic carbocycles. The molecular weight excluding hydrogens is 430 g/mol. The van der Waals surface area contributed by atoms with Crippen LogP contribution in [0.25, 0.3) is 0 Å². The highest BCUT2D eigenvalue weighted by Gasteiger charge is 2.22. The molecule has 1 aromatic carbocycles. The van der Waals surface area contributed by atoms with Crippen LogP contribution < -0.4 is 10.6 Å². The first kappa shape index (κ1) is 20.9. The average molecular weight is 450 g/mol. The van der Waals surface area contributed by atoms with Crippen molar-refractivity contribution in [3.05, 3.63) is 64.2 Å². The van der Waals surface area contributed by atoms with Gasteiger partial charge in [0.25, 0.3) is 5.91 Å². The molecule has 2 N–H and O–H groups in total. The van der Waals surface area contributed by atoms with Crippen LogP contribution >= 0.6 is 27.3 Å². The number of carbonyl (C=O) groups excluding carboxylic acids is 2. The number of hydrogen-bond donors (Lipinski definition) is 2. The van der Waals surface area contributed by atoms with Crippen LogP contribution in [-0.4, -0.2) is 22.6 Å². The zero-order chi connectivity index (χ0) is 19.9. The van der Waals surface area contributed by atoms with E-state index in [9.17, 15) is 9.59 Å². The van der Waals surface area contributed by atoms with Gasteiger partial charge in [0, 0.05) is 5.69 Å². The van der Waals surface area contributed by atoms with Crippen molar-refractivity contribution in [1.82, 2.24) is 4.98 Å². The van der Waals surface area contributed by atoms with Gasteiger partial charge in [0.2, 0.25) is 0 Å². The maximum absolute atomic E-state index is 12.7. The predicted octanol–water partition coefficient (Wildman–Crippen LogP) is 5.63. The molecule has 8 heteroatoms. The van der Waals surface area contributed by atoms with Gasteiger partial charge in [0.1, 0.15) is 10.6 Å². The van der Waals surface area contributed by atoms with E-state index in [2.05, 4.69) is 31.5 Å². The van der Waals surface area contributed by atoms with Gasteiger partial charge in [0.05, 0.1) is 0 Å². The molecule has 2 aromatic rings. The van der Waals surface area contributed by atoms with Crippen molar-refractivity contribution >= 4 is 50.0 Å². The summed E-state index contributed by atoms with van der Waals surface area (Å²) in [5.74, 6) is -0.441. The fourth-order valence-corrected chi connectivity index (χ4v) is 3.24. The summed E-state index contributed by atoms with van der Waals surface area (Å²) >= 11 is 4.38. The normalized spacial score (nSPS) is 10.5. The number of carbonyl (C=O) groups is 2. The lowest BCUT2D eigenvalue weighted by molar-refractivity contribution is 0.0636. The highest BCUT2D eigenvalue weighted by Crippen LogP contribution is 2.29. The second-order valence-corrected chi connectivity index (χ2v) is 8.64. The molecule has 1 aromatic heterocycles. The number of rotatable bonds is 3. The Labute approximate surface area is 170 Å². The summed E-state index contributed by atoms with van der Waals surface area (Å²) in [4.78, 5) is 28.8. The number of amides is 2. The fraction of sp³-hybridized carbons (Fsp3) is 0.211. The van der Waals surface area contributed by atoms with Crippen molar-refractivity contribution in [3.63, 3.8) is 0 Å². The van der Waals surface area contributed by atoms with Crippen molar-refractivity contribution < 1.29 is 14.3 Å². The van der Waals surface area contributed by atoms with E-state index in [4.69, 9.17) is 4.74 Å². The van der Waals surface area contributed by atoms with Gasteiger partial charge >= 0.3 is 6.09 Å². The van der Waals surface area contributed by atoms with E-state index in [1.807, 2.05) is 42.5 Å². The van der Waals surface area contributed by atoms with Crippen LogP contribution in [0.15, 0.2) is 58.5 Å². The Morgan fingerprint density at radius 2 is 1.56 bits per heavy atom. The molecule has 0 aliphatic heterocycles. The van der Waals surface area contributed by atoms with Crippen molar-refractivity contribution in [2.45, 2.75) is 26.4 Å². The topological polar surface area (TPSA) is 80.3 Å². The maximum atomic E-state index is 12.7. The van der Waals surface area contributed by atoms with E-state index in [1.165, 1.54) is 0 Å². The third-order valence-corrected chi connectivity index (χ3v) is 4.33. The predicted molar refractivity (Wildman–Crippen MR) is 112 cm³/mol. The smallest absolute Gasteiger partial charge is 0.412 e. The number of ether oxygens (including phenoxy) is 1. The molecule has 0 spiro atoms. The third kappa shape index (κ3) is 7.36. The number of nitrogens with zero attached hydrogens (tertiary/aromatic N) is 1. The Morgan fingerprint density at radius 3 is 2.11 bits per heavy atom. The molecule has 0 saturated carbocycles. The lowest BCUT2D eigenvalue weighted by atomic mass is 10.2. The van der Waals surface area contributed by atoms with E-state index >= 15 is 0 Å². The molecule has 2 amide bonds. The second-order valence-electron chi connectivity index (χ2n) is 6.36. The van der Waals surface area contributed by atoms with Crippen LogP contribution in [0.5, 0.6) is 0 Å². The Balaban J connectivity index is 2.21. The molecule has 0 fully saturated rings. The van der Waals surface area contributed by atoms with E-state index in [1.54, 1.807) is 32.9 Å². The molecular formula is C19H20BrN3O3S. The molecule has 0 bridgehead atoms. The van der Waals surface area contributed by atoms with Crippen molar-refractivity contribution in [2.24, 2.45) is 0 Å². The largest absolute Gasteiger partial charge is 0.444 e. The number of hydrogen-bond acceptors (Lipinski definition) is 5. The summed E-state index contributed by atoms with van der Waals surface area (Å²) in [5, 5.41) is 5.66. The quantitative estimate of drug-likeness (QED) is 0.635. The van der Waals surface area contributed by atoms with Crippen LogP contribution in [-0.2, 0) is 4.74 Å². The fourth-order valence-electron chi connectivity index (χ4n) is 1.90. The van der Waals surface area contributed by atoms with Crippen molar-refractivity contribution in [2.75, 3.05) is 10.6 Å². The summed E-state index contributed by atoms with van der Waals surface area (Å²) in [7, 11) is 0. The van der Waals surface area contributed by atoms with Gasteiger partial charge in [-0.15, -0.1) is 0 Å². The summed E-state index contributed by atoms with van der Waals surface area (Å²) in [6.07, 6.45) is -0.648. The molecule has 0 aliphatic rings. The third-order valence-electron chi connectivity index (χ3n) is 2.91. The van der Waals surface area contributed by atoms with E-state index in [0.717, 1.165) is 11.3 Å². The van der Waals surface area contributed by atoms with Gasteiger partial charge in [-0.2, -0.15) is 0 Å². The van der Waals surface area contributed by atoms with Crippen LogP contribution in [0.3, 0.4) is 0 Å². The minimum atomic E-state index is -0.648. The zero-order valence-electron chi connectivity index (χ0n) is 15.2. The first-order valence-corrected chi connectivity index (χ1v) is 9.71. The summed E-state index contributed by atoms with van der Waals surface area (Å²) < 4.78 is 5.70. The summed E-state index contributed by atoms with van der Waals surface area (Å²) in [6, 6.07) is 16.5. The highest BCUT2D eigenvalue weighted by molar-refractivity contribution is 9.11. The number of halogens is 1. The molecule has 0 unspecified atom stereocenters. The van der Waals surface area contributed by atoms with Crippen LogP contribution in [0.2, 0.25) is 0 Å². The Bertz CT molecular complexity index is 852. The number of thiazole rings is 1. The average Bonchev–Trinajstić information content (AvgIpc) is 2.92.